The number of nitrogens with one attached hydrogen (secondary N) is 2. The Bertz CT molecular complexity index is 355. The minimum atomic E-state index is 0.0562. The van der Waals surface area contributed by atoms with Gasteiger partial charge in [-0.3, -0.25) is 4.79 Å². The van der Waals surface area contributed by atoms with Crippen molar-refractivity contribution in [2.24, 2.45) is 0 Å². The van der Waals surface area contributed by atoms with E-state index in [1.807, 2.05) is 0 Å². The molecule has 0 saturated carbocycles. The van der Waals surface area contributed by atoms with E-state index >= 15 is 0 Å². The first-order chi connectivity index (χ1) is 6.27. The van der Waals surface area contributed by atoms with Crippen LogP contribution in [0.2, 0.25) is 0 Å². The van der Waals surface area contributed by atoms with Crippen LogP contribution in [0.1, 0.15) is 18.0 Å². The molecule has 0 aromatic carbocycles. The highest BCUT2D eigenvalue weighted by Gasteiger charge is 2.17. The van der Waals surface area contributed by atoms with E-state index < -0.39 is 0 Å². The summed E-state index contributed by atoms with van der Waals surface area (Å²) in [5, 5.41) is 3.27. The van der Waals surface area contributed by atoms with Gasteiger partial charge in [0, 0.05) is 30.4 Å². The van der Waals surface area contributed by atoms with Gasteiger partial charge in [0.05, 0.1) is 4.47 Å². The maximum Gasteiger partial charge on any atom is 0.195 e. The lowest BCUT2D eigenvalue weighted by Crippen LogP contribution is -2.11. The van der Waals surface area contributed by atoms with Gasteiger partial charge in [-0.25, -0.2) is 0 Å². The zero-order valence-corrected chi connectivity index (χ0v) is 8.73. The second kappa shape index (κ2) is 3.64. The van der Waals surface area contributed by atoms with Crippen LogP contribution in [-0.2, 0) is 0 Å². The van der Waals surface area contributed by atoms with Crippen LogP contribution in [0.3, 0.4) is 0 Å². The minimum Gasteiger partial charge on any atom is -0.363 e. The first-order valence-corrected chi connectivity index (χ1v) is 5.15. The van der Waals surface area contributed by atoms with E-state index in [4.69, 9.17) is 0 Å². The maximum atomic E-state index is 11.3. The van der Waals surface area contributed by atoms with Gasteiger partial charge < -0.3 is 10.3 Å². The molecule has 0 bridgehead atoms. The summed E-state index contributed by atoms with van der Waals surface area (Å²) in [7, 11) is 0. The van der Waals surface area contributed by atoms with Crippen molar-refractivity contribution in [2.45, 2.75) is 12.3 Å². The molecule has 1 unspecified atom stereocenters. The van der Waals surface area contributed by atoms with Crippen molar-refractivity contribution in [3.63, 3.8) is 0 Å². The number of aromatic nitrogens is 1. The Labute approximate surface area is 84.7 Å². The molecule has 3 nitrogen and oxygen atoms in total. The largest absolute Gasteiger partial charge is 0.363 e. The van der Waals surface area contributed by atoms with Gasteiger partial charge in [-0.15, -0.1) is 0 Å². The van der Waals surface area contributed by atoms with E-state index in [-0.39, 0.29) is 5.43 Å². The lowest BCUT2D eigenvalue weighted by molar-refractivity contribution is 0.733. The summed E-state index contributed by atoms with van der Waals surface area (Å²) in [6, 6.07) is 1.68. The number of H-pyrrole nitrogens is 1. The Balaban J connectivity index is 2.30. The normalized spacial score (nSPS) is 22.1. The summed E-state index contributed by atoms with van der Waals surface area (Å²) in [4.78, 5) is 14.4. The van der Waals surface area contributed by atoms with Crippen molar-refractivity contribution < 1.29 is 0 Å². The van der Waals surface area contributed by atoms with Crippen LogP contribution in [0, 0.1) is 0 Å². The molecule has 0 aliphatic carbocycles. The molecule has 2 rings (SSSR count). The number of halogens is 1. The highest BCUT2D eigenvalue weighted by Crippen LogP contribution is 2.19. The molecule has 13 heavy (non-hydrogen) atoms. The average molecular weight is 243 g/mol. The summed E-state index contributed by atoms with van der Waals surface area (Å²) in [6.07, 6.45) is 2.83. The molecule has 4 heteroatoms. The maximum absolute atomic E-state index is 11.3. The SMILES string of the molecule is O=c1cc(C2CCNC2)[nH]cc1Br. The third-order valence-electron chi connectivity index (χ3n) is 2.39. The van der Waals surface area contributed by atoms with Crippen LogP contribution < -0.4 is 10.7 Å². The van der Waals surface area contributed by atoms with Crippen LogP contribution in [0.25, 0.3) is 0 Å². The molecule has 1 atom stereocenters. The molecule has 1 saturated heterocycles. The van der Waals surface area contributed by atoms with E-state index in [2.05, 4.69) is 26.2 Å². The van der Waals surface area contributed by atoms with E-state index in [0.717, 1.165) is 25.2 Å². The van der Waals surface area contributed by atoms with Gasteiger partial charge in [-0.1, -0.05) is 0 Å². The Morgan fingerprint density at radius 1 is 1.54 bits per heavy atom. The van der Waals surface area contributed by atoms with Crippen LogP contribution in [0.5, 0.6) is 0 Å². The summed E-state index contributed by atoms with van der Waals surface area (Å²) >= 11 is 3.18. The van der Waals surface area contributed by atoms with Crippen molar-refractivity contribution in [1.82, 2.24) is 10.3 Å². The number of hydrogen-bond donors (Lipinski definition) is 2. The first kappa shape index (κ1) is 8.97. The van der Waals surface area contributed by atoms with Gasteiger partial charge in [-0.05, 0) is 28.9 Å². The molecule has 1 aliphatic heterocycles. The highest BCUT2D eigenvalue weighted by molar-refractivity contribution is 9.10. The topological polar surface area (TPSA) is 44.9 Å². The van der Waals surface area contributed by atoms with Crippen LogP contribution in [0.4, 0.5) is 0 Å². The monoisotopic (exact) mass is 242 g/mol. The quantitative estimate of drug-likeness (QED) is 0.778. The second-order valence-electron chi connectivity index (χ2n) is 3.29. The fourth-order valence-corrected chi connectivity index (χ4v) is 1.85. The third-order valence-corrected chi connectivity index (χ3v) is 3.01. The fraction of sp³-hybridized carbons (Fsp3) is 0.444. The molecule has 1 aliphatic rings. The van der Waals surface area contributed by atoms with E-state index in [1.165, 1.54) is 0 Å². The van der Waals surface area contributed by atoms with Crippen LogP contribution in [0.15, 0.2) is 21.5 Å². The standard InChI is InChI=1S/C9H11BrN2O/c10-7-5-12-8(3-9(7)13)6-1-2-11-4-6/h3,5-6,11H,1-2,4H2,(H,12,13). The molecule has 0 radical (unpaired) electrons. The number of hydrogen-bond acceptors (Lipinski definition) is 2. The molecule has 1 fully saturated rings. The zero-order valence-electron chi connectivity index (χ0n) is 7.14. The lowest BCUT2D eigenvalue weighted by atomic mass is 10.0. The van der Waals surface area contributed by atoms with Crippen LogP contribution in [-0.4, -0.2) is 18.1 Å². The summed E-state index contributed by atoms with van der Waals surface area (Å²) < 4.78 is 0.599. The Morgan fingerprint density at radius 2 is 2.38 bits per heavy atom. The van der Waals surface area contributed by atoms with Gasteiger partial charge in [0.1, 0.15) is 0 Å². The van der Waals surface area contributed by atoms with Crippen molar-refractivity contribution in [3.8, 4) is 0 Å². The van der Waals surface area contributed by atoms with Gasteiger partial charge in [0.15, 0.2) is 5.43 Å². The predicted molar refractivity (Wildman–Crippen MR) is 55.0 cm³/mol. The van der Waals surface area contributed by atoms with Crippen molar-refractivity contribution in [1.29, 1.82) is 0 Å². The Hall–Kier alpha value is -0.610. The molecule has 1 aromatic heterocycles. The smallest absolute Gasteiger partial charge is 0.195 e. The third kappa shape index (κ3) is 1.84. The molecule has 2 heterocycles. The van der Waals surface area contributed by atoms with Gasteiger partial charge in [-0.2, -0.15) is 0 Å². The number of aromatic amines is 1. The van der Waals surface area contributed by atoms with Crippen LogP contribution >= 0.6 is 15.9 Å². The predicted octanol–water partition coefficient (Wildman–Crippen LogP) is 1.21. The van der Waals surface area contributed by atoms with E-state index in [9.17, 15) is 4.79 Å². The highest BCUT2D eigenvalue weighted by atomic mass is 79.9. The molecule has 2 N–H and O–H groups in total. The molecule has 0 amide bonds. The minimum absolute atomic E-state index is 0.0562. The fourth-order valence-electron chi connectivity index (χ4n) is 1.63. The Kier molecular flexibility index (Phi) is 2.51. The van der Waals surface area contributed by atoms with Gasteiger partial charge in [0.25, 0.3) is 0 Å². The zero-order chi connectivity index (χ0) is 9.26. The van der Waals surface area contributed by atoms with Gasteiger partial charge >= 0.3 is 0 Å². The summed E-state index contributed by atoms with van der Waals surface area (Å²) in [6.45, 7) is 2.01. The summed E-state index contributed by atoms with van der Waals surface area (Å²) in [5.74, 6) is 0.473. The molecule has 1 aromatic rings. The van der Waals surface area contributed by atoms with Crippen molar-refractivity contribution in [3.05, 3.63) is 32.7 Å². The first-order valence-electron chi connectivity index (χ1n) is 4.36. The van der Waals surface area contributed by atoms with Crippen molar-refractivity contribution in [2.75, 3.05) is 13.1 Å². The second-order valence-corrected chi connectivity index (χ2v) is 4.14. The van der Waals surface area contributed by atoms with Gasteiger partial charge in [0.2, 0.25) is 0 Å². The lowest BCUT2D eigenvalue weighted by Gasteiger charge is -2.07. The molecular weight excluding hydrogens is 232 g/mol. The molecular formula is C9H11BrN2O. The number of pyridine rings is 1. The average Bonchev–Trinajstić information content (AvgIpc) is 2.62. The summed E-state index contributed by atoms with van der Waals surface area (Å²) in [5.41, 5.74) is 1.10. The Morgan fingerprint density at radius 3 is 3.00 bits per heavy atom. The molecule has 70 valence electrons. The van der Waals surface area contributed by atoms with Crippen molar-refractivity contribution >= 4 is 15.9 Å². The molecule has 0 spiro atoms. The number of rotatable bonds is 1. The van der Waals surface area contributed by atoms with E-state index in [1.54, 1.807) is 12.3 Å². The van der Waals surface area contributed by atoms with E-state index in [0.29, 0.717) is 10.4 Å².